The number of furan rings is 1. The van der Waals surface area contributed by atoms with Crippen molar-refractivity contribution in [3.8, 4) is 11.3 Å². The van der Waals surface area contributed by atoms with Crippen LogP contribution in [0.15, 0.2) is 51.5 Å². The minimum absolute atomic E-state index is 0.114. The lowest BCUT2D eigenvalue weighted by molar-refractivity contribution is -0.113. The van der Waals surface area contributed by atoms with Gasteiger partial charge in [-0.1, -0.05) is 23.9 Å². The van der Waals surface area contributed by atoms with Gasteiger partial charge in [-0.05, 0) is 56.0 Å². The largest absolute Gasteiger partial charge is 0.467 e. The van der Waals surface area contributed by atoms with Crippen LogP contribution in [0.3, 0.4) is 0 Å². The molecular weight excluding hydrogens is 442 g/mol. The second kappa shape index (κ2) is 8.91. The van der Waals surface area contributed by atoms with Gasteiger partial charge in [0, 0.05) is 16.9 Å². The molecule has 0 aliphatic heterocycles. The molecule has 5 rings (SSSR count). The van der Waals surface area contributed by atoms with Gasteiger partial charge in [0.15, 0.2) is 10.3 Å². The summed E-state index contributed by atoms with van der Waals surface area (Å²) in [5, 5.41) is 14.9. The minimum atomic E-state index is -0.114. The number of anilines is 1. The van der Waals surface area contributed by atoms with Crippen LogP contribution in [0.1, 0.15) is 41.5 Å². The maximum absolute atomic E-state index is 12.6. The Labute approximate surface area is 194 Å². The fraction of sp³-hybridized carbons (Fsp3) is 0.304. The van der Waals surface area contributed by atoms with Crippen molar-refractivity contribution < 1.29 is 9.21 Å². The third kappa shape index (κ3) is 4.63. The Bertz CT molecular complexity index is 1240. The summed E-state index contributed by atoms with van der Waals surface area (Å²) in [6.07, 6.45) is 3.93. The molecule has 1 fully saturated rings. The molecular formula is C23H23N5O2S2. The number of aryl methyl sites for hydroxylation is 2. The molecule has 1 aliphatic rings. The summed E-state index contributed by atoms with van der Waals surface area (Å²) < 4.78 is 7.57. The number of nitrogens with zero attached hydrogens (tertiary/aromatic N) is 4. The van der Waals surface area contributed by atoms with Gasteiger partial charge in [-0.15, -0.1) is 21.5 Å². The number of carbonyl (C=O) groups is 1. The average Bonchev–Trinajstić information content (AvgIpc) is 3.15. The first-order chi connectivity index (χ1) is 15.6. The van der Waals surface area contributed by atoms with E-state index in [0.29, 0.717) is 17.6 Å². The number of hydrogen-bond donors (Lipinski definition) is 1. The Balaban J connectivity index is 1.23. The van der Waals surface area contributed by atoms with Crippen LogP contribution in [-0.4, -0.2) is 31.4 Å². The van der Waals surface area contributed by atoms with Gasteiger partial charge in [-0.3, -0.25) is 9.36 Å². The van der Waals surface area contributed by atoms with Gasteiger partial charge >= 0.3 is 0 Å². The molecule has 0 radical (unpaired) electrons. The van der Waals surface area contributed by atoms with E-state index in [4.69, 9.17) is 4.42 Å². The molecule has 0 atom stereocenters. The van der Waals surface area contributed by atoms with Crippen molar-refractivity contribution in [1.29, 1.82) is 0 Å². The molecule has 164 valence electrons. The molecule has 32 heavy (non-hydrogen) atoms. The summed E-state index contributed by atoms with van der Waals surface area (Å²) in [6, 6.07) is 10.1. The van der Waals surface area contributed by atoms with E-state index in [1.165, 1.54) is 34.2 Å². The van der Waals surface area contributed by atoms with E-state index in [2.05, 4.69) is 57.1 Å². The van der Waals surface area contributed by atoms with Gasteiger partial charge in [0.25, 0.3) is 0 Å². The summed E-state index contributed by atoms with van der Waals surface area (Å²) in [6.45, 7) is 4.75. The van der Waals surface area contributed by atoms with Crippen molar-refractivity contribution in [2.24, 2.45) is 0 Å². The van der Waals surface area contributed by atoms with E-state index in [0.717, 1.165) is 40.8 Å². The number of aromatic nitrogens is 4. The SMILES string of the molecule is Cc1ccc(-c2csc(NC(=O)CSc3nnc(C4CC4)n3Cc3ccco3)n2)cc1C. The lowest BCUT2D eigenvalue weighted by Gasteiger charge is -2.08. The zero-order valence-electron chi connectivity index (χ0n) is 17.9. The standard InChI is InChI=1S/C23H23N5O2S2/c1-14-5-6-17(10-15(14)2)19-12-31-22(24-19)25-20(29)13-32-23-27-26-21(16-7-8-16)28(23)11-18-4-3-9-30-18/h3-6,9-10,12,16H,7-8,11,13H2,1-2H3,(H,24,25,29). The van der Waals surface area contributed by atoms with Gasteiger partial charge in [-0.2, -0.15) is 0 Å². The summed E-state index contributed by atoms with van der Waals surface area (Å²) in [5.74, 6) is 2.40. The first-order valence-corrected chi connectivity index (χ1v) is 12.3. The lowest BCUT2D eigenvalue weighted by Crippen LogP contribution is -2.14. The first-order valence-electron chi connectivity index (χ1n) is 10.5. The molecule has 0 saturated heterocycles. The normalized spacial score (nSPS) is 13.4. The van der Waals surface area contributed by atoms with Gasteiger partial charge in [0.1, 0.15) is 11.6 Å². The zero-order chi connectivity index (χ0) is 22.1. The molecule has 1 aliphatic carbocycles. The number of nitrogens with one attached hydrogen (secondary N) is 1. The van der Waals surface area contributed by atoms with Gasteiger partial charge < -0.3 is 9.73 Å². The Kier molecular flexibility index (Phi) is 5.84. The van der Waals surface area contributed by atoms with Crippen molar-refractivity contribution in [1.82, 2.24) is 19.7 Å². The summed E-state index contributed by atoms with van der Waals surface area (Å²) in [4.78, 5) is 17.2. The molecule has 0 spiro atoms. The van der Waals surface area contributed by atoms with Crippen LogP contribution < -0.4 is 5.32 Å². The highest BCUT2D eigenvalue weighted by Gasteiger charge is 2.30. The molecule has 9 heteroatoms. The summed E-state index contributed by atoms with van der Waals surface area (Å²) >= 11 is 2.81. The summed E-state index contributed by atoms with van der Waals surface area (Å²) in [5.41, 5.74) is 4.40. The average molecular weight is 466 g/mol. The molecule has 1 N–H and O–H groups in total. The van der Waals surface area contributed by atoms with Crippen LogP contribution in [0.4, 0.5) is 5.13 Å². The molecule has 1 saturated carbocycles. The van der Waals surface area contributed by atoms with Gasteiger partial charge in [-0.25, -0.2) is 4.98 Å². The number of amides is 1. The van der Waals surface area contributed by atoms with Crippen LogP contribution >= 0.6 is 23.1 Å². The molecule has 3 aromatic heterocycles. The number of thiazole rings is 1. The lowest BCUT2D eigenvalue weighted by atomic mass is 10.1. The quantitative estimate of drug-likeness (QED) is 0.357. The molecule has 1 aromatic carbocycles. The second-order valence-corrected chi connectivity index (χ2v) is 9.75. The van der Waals surface area contributed by atoms with Crippen molar-refractivity contribution in [3.63, 3.8) is 0 Å². The highest BCUT2D eigenvalue weighted by Crippen LogP contribution is 2.40. The molecule has 3 heterocycles. The maximum atomic E-state index is 12.6. The second-order valence-electron chi connectivity index (χ2n) is 7.95. The highest BCUT2D eigenvalue weighted by molar-refractivity contribution is 7.99. The van der Waals surface area contributed by atoms with Crippen molar-refractivity contribution in [2.75, 3.05) is 11.1 Å². The van der Waals surface area contributed by atoms with E-state index in [9.17, 15) is 4.79 Å². The predicted octanol–water partition coefficient (Wildman–Crippen LogP) is 5.27. The third-order valence-electron chi connectivity index (χ3n) is 5.47. The monoisotopic (exact) mass is 465 g/mol. The number of carbonyl (C=O) groups excluding carboxylic acids is 1. The fourth-order valence-electron chi connectivity index (χ4n) is 3.41. The summed E-state index contributed by atoms with van der Waals surface area (Å²) in [7, 11) is 0. The number of thioether (sulfide) groups is 1. The first kappa shape index (κ1) is 21.0. The van der Waals surface area contributed by atoms with Crippen LogP contribution in [0, 0.1) is 13.8 Å². The molecule has 7 nitrogen and oxygen atoms in total. The Morgan fingerprint density at radius 1 is 1.25 bits per heavy atom. The van der Waals surface area contributed by atoms with Crippen molar-refractivity contribution in [2.45, 2.75) is 44.3 Å². The molecule has 0 bridgehead atoms. The van der Waals surface area contributed by atoms with E-state index >= 15 is 0 Å². The van der Waals surface area contributed by atoms with Crippen LogP contribution in [0.2, 0.25) is 0 Å². The minimum Gasteiger partial charge on any atom is -0.467 e. The highest BCUT2D eigenvalue weighted by atomic mass is 32.2. The molecule has 1 amide bonds. The van der Waals surface area contributed by atoms with Crippen LogP contribution in [-0.2, 0) is 11.3 Å². The third-order valence-corrected chi connectivity index (χ3v) is 7.19. The number of benzene rings is 1. The topological polar surface area (TPSA) is 85.8 Å². The number of rotatable bonds is 8. The van der Waals surface area contributed by atoms with Crippen molar-refractivity contribution >= 4 is 34.1 Å². The molecule has 0 unspecified atom stereocenters. The van der Waals surface area contributed by atoms with Crippen molar-refractivity contribution in [3.05, 3.63) is 64.7 Å². The Hall–Kier alpha value is -2.91. The Morgan fingerprint density at radius 3 is 2.88 bits per heavy atom. The van der Waals surface area contributed by atoms with Crippen LogP contribution in [0.5, 0.6) is 0 Å². The van der Waals surface area contributed by atoms with E-state index < -0.39 is 0 Å². The van der Waals surface area contributed by atoms with Gasteiger partial charge in [0.2, 0.25) is 5.91 Å². The zero-order valence-corrected chi connectivity index (χ0v) is 19.5. The smallest absolute Gasteiger partial charge is 0.236 e. The van der Waals surface area contributed by atoms with E-state index in [-0.39, 0.29) is 11.7 Å². The maximum Gasteiger partial charge on any atom is 0.236 e. The Morgan fingerprint density at radius 2 is 2.12 bits per heavy atom. The predicted molar refractivity (Wildman–Crippen MR) is 126 cm³/mol. The van der Waals surface area contributed by atoms with E-state index in [1.54, 1.807) is 6.26 Å². The number of hydrogen-bond acceptors (Lipinski definition) is 7. The molecule has 4 aromatic rings. The van der Waals surface area contributed by atoms with E-state index in [1.807, 2.05) is 17.5 Å². The van der Waals surface area contributed by atoms with Crippen LogP contribution in [0.25, 0.3) is 11.3 Å². The van der Waals surface area contributed by atoms with Gasteiger partial charge in [0.05, 0.1) is 24.3 Å². The fourth-order valence-corrected chi connectivity index (χ4v) is 4.89.